The summed E-state index contributed by atoms with van der Waals surface area (Å²) >= 11 is 8.91. The molecule has 0 bridgehead atoms. The van der Waals surface area contributed by atoms with Gasteiger partial charge < -0.3 is 4.74 Å². The standard InChI is InChI=1S/C10H5BrClN3O3/c11-7-2-1-6(15(16)17)3-8(7)18-10-4-9(12)13-5-14-10/h1-5H. The van der Waals surface area contributed by atoms with Gasteiger partial charge in [0, 0.05) is 12.1 Å². The van der Waals surface area contributed by atoms with Crippen molar-refractivity contribution in [2.45, 2.75) is 0 Å². The first kappa shape index (κ1) is 12.7. The third-order valence-corrected chi connectivity index (χ3v) is 2.81. The maximum Gasteiger partial charge on any atom is 0.273 e. The molecule has 0 N–H and O–H groups in total. The first-order valence-electron chi connectivity index (χ1n) is 4.65. The van der Waals surface area contributed by atoms with Gasteiger partial charge in [0.1, 0.15) is 11.5 Å². The lowest BCUT2D eigenvalue weighted by Crippen LogP contribution is -1.92. The van der Waals surface area contributed by atoms with Crippen molar-refractivity contribution in [2.75, 3.05) is 0 Å². The van der Waals surface area contributed by atoms with Crippen LogP contribution in [0.25, 0.3) is 0 Å². The Balaban J connectivity index is 2.33. The van der Waals surface area contributed by atoms with E-state index < -0.39 is 4.92 Å². The van der Waals surface area contributed by atoms with Crippen molar-refractivity contribution in [2.24, 2.45) is 0 Å². The van der Waals surface area contributed by atoms with Crippen molar-refractivity contribution in [3.8, 4) is 11.6 Å². The predicted molar refractivity (Wildman–Crippen MR) is 67.9 cm³/mol. The minimum absolute atomic E-state index is 0.0756. The Morgan fingerprint density at radius 1 is 1.33 bits per heavy atom. The Bertz CT molecular complexity index is 609. The number of nitro benzene ring substituents is 1. The highest BCUT2D eigenvalue weighted by Crippen LogP contribution is 2.32. The highest BCUT2D eigenvalue weighted by molar-refractivity contribution is 9.10. The van der Waals surface area contributed by atoms with E-state index in [2.05, 4.69) is 25.9 Å². The summed E-state index contributed by atoms with van der Waals surface area (Å²) in [7, 11) is 0. The minimum Gasteiger partial charge on any atom is -0.437 e. The van der Waals surface area contributed by atoms with Crippen molar-refractivity contribution < 1.29 is 9.66 Å². The molecule has 0 aliphatic rings. The first-order valence-corrected chi connectivity index (χ1v) is 5.82. The summed E-state index contributed by atoms with van der Waals surface area (Å²) in [6.45, 7) is 0. The van der Waals surface area contributed by atoms with Gasteiger partial charge in [-0.2, -0.15) is 0 Å². The number of hydrogen-bond donors (Lipinski definition) is 0. The van der Waals surface area contributed by atoms with Gasteiger partial charge in [-0.25, -0.2) is 9.97 Å². The molecular formula is C10H5BrClN3O3. The number of non-ortho nitro benzene ring substituents is 1. The quantitative estimate of drug-likeness (QED) is 0.488. The summed E-state index contributed by atoms with van der Waals surface area (Å²) in [6, 6.07) is 5.59. The molecule has 0 atom stereocenters. The van der Waals surface area contributed by atoms with Crippen LogP contribution < -0.4 is 4.74 Å². The molecule has 0 radical (unpaired) electrons. The number of nitrogens with zero attached hydrogens (tertiary/aromatic N) is 3. The van der Waals surface area contributed by atoms with Crippen LogP contribution in [-0.4, -0.2) is 14.9 Å². The molecule has 0 amide bonds. The van der Waals surface area contributed by atoms with Gasteiger partial charge in [-0.15, -0.1) is 0 Å². The second-order valence-electron chi connectivity index (χ2n) is 3.15. The Morgan fingerprint density at radius 2 is 2.11 bits per heavy atom. The van der Waals surface area contributed by atoms with Gasteiger partial charge in [0.25, 0.3) is 5.69 Å². The topological polar surface area (TPSA) is 78.2 Å². The zero-order valence-electron chi connectivity index (χ0n) is 8.71. The molecule has 0 saturated carbocycles. The van der Waals surface area contributed by atoms with Crippen LogP contribution in [0.15, 0.2) is 35.1 Å². The highest BCUT2D eigenvalue weighted by Gasteiger charge is 2.11. The van der Waals surface area contributed by atoms with Gasteiger partial charge in [0.2, 0.25) is 5.88 Å². The second-order valence-corrected chi connectivity index (χ2v) is 4.39. The van der Waals surface area contributed by atoms with E-state index in [-0.39, 0.29) is 22.5 Å². The van der Waals surface area contributed by atoms with Crippen LogP contribution in [0.5, 0.6) is 11.6 Å². The van der Waals surface area contributed by atoms with Gasteiger partial charge in [-0.1, -0.05) is 11.6 Å². The average molecular weight is 331 g/mol. The van der Waals surface area contributed by atoms with Crippen molar-refractivity contribution in [3.05, 3.63) is 50.3 Å². The van der Waals surface area contributed by atoms with Gasteiger partial charge in [0.15, 0.2) is 5.75 Å². The zero-order chi connectivity index (χ0) is 13.1. The van der Waals surface area contributed by atoms with Crippen LogP contribution in [-0.2, 0) is 0 Å². The summed E-state index contributed by atoms with van der Waals surface area (Å²) in [5, 5.41) is 10.9. The van der Waals surface area contributed by atoms with Crippen molar-refractivity contribution in [1.29, 1.82) is 0 Å². The number of rotatable bonds is 3. The number of benzene rings is 1. The van der Waals surface area contributed by atoms with Crippen LogP contribution >= 0.6 is 27.5 Å². The summed E-state index contributed by atoms with van der Waals surface area (Å²) in [6.07, 6.45) is 1.24. The largest absolute Gasteiger partial charge is 0.437 e. The zero-order valence-corrected chi connectivity index (χ0v) is 11.1. The number of nitro groups is 1. The van der Waals surface area contributed by atoms with E-state index in [1.54, 1.807) is 0 Å². The van der Waals surface area contributed by atoms with E-state index in [9.17, 15) is 10.1 Å². The maximum absolute atomic E-state index is 10.7. The third kappa shape index (κ3) is 2.93. The molecule has 0 saturated heterocycles. The first-order chi connectivity index (χ1) is 8.56. The van der Waals surface area contributed by atoms with Crippen molar-refractivity contribution in [1.82, 2.24) is 9.97 Å². The molecule has 0 unspecified atom stereocenters. The molecule has 18 heavy (non-hydrogen) atoms. The summed E-state index contributed by atoms with van der Waals surface area (Å²) in [5.41, 5.74) is -0.0756. The molecule has 0 aliphatic heterocycles. The molecule has 2 rings (SSSR count). The number of ether oxygens (including phenoxy) is 1. The average Bonchev–Trinajstić information content (AvgIpc) is 2.31. The molecule has 0 fully saturated rings. The van der Waals surface area contributed by atoms with E-state index in [4.69, 9.17) is 16.3 Å². The van der Waals surface area contributed by atoms with Crippen LogP contribution in [0, 0.1) is 10.1 Å². The van der Waals surface area contributed by atoms with Crippen LogP contribution in [0.3, 0.4) is 0 Å². The van der Waals surface area contributed by atoms with Crippen molar-refractivity contribution in [3.63, 3.8) is 0 Å². The third-order valence-electron chi connectivity index (χ3n) is 1.95. The highest BCUT2D eigenvalue weighted by atomic mass is 79.9. The fourth-order valence-electron chi connectivity index (χ4n) is 1.17. The molecule has 92 valence electrons. The van der Waals surface area contributed by atoms with Gasteiger partial charge >= 0.3 is 0 Å². The number of halogens is 2. The molecule has 6 nitrogen and oxygen atoms in total. The van der Waals surface area contributed by atoms with E-state index in [0.29, 0.717) is 4.47 Å². The summed E-state index contributed by atoms with van der Waals surface area (Å²) in [5.74, 6) is 0.482. The normalized spacial score (nSPS) is 10.1. The molecule has 1 aromatic carbocycles. The molecular weight excluding hydrogens is 325 g/mol. The smallest absolute Gasteiger partial charge is 0.273 e. The van der Waals surface area contributed by atoms with Crippen molar-refractivity contribution >= 4 is 33.2 Å². The second kappa shape index (κ2) is 5.28. The molecule has 0 aliphatic carbocycles. The molecule has 1 aromatic heterocycles. The fraction of sp³-hybridized carbons (Fsp3) is 0. The monoisotopic (exact) mass is 329 g/mol. The van der Waals surface area contributed by atoms with Crippen LogP contribution in [0.4, 0.5) is 5.69 Å². The van der Waals surface area contributed by atoms with Crippen LogP contribution in [0.2, 0.25) is 5.15 Å². The molecule has 8 heteroatoms. The molecule has 2 aromatic rings. The van der Waals surface area contributed by atoms with Crippen LogP contribution in [0.1, 0.15) is 0 Å². The van der Waals surface area contributed by atoms with E-state index >= 15 is 0 Å². The SMILES string of the molecule is O=[N+]([O-])c1ccc(Br)c(Oc2cc(Cl)ncn2)c1. The lowest BCUT2D eigenvalue weighted by atomic mass is 10.3. The number of hydrogen-bond acceptors (Lipinski definition) is 5. The van der Waals surface area contributed by atoms with Gasteiger partial charge in [-0.05, 0) is 22.0 Å². The lowest BCUT2D eigenvalue weighted by molar-refractivity contribution is -0.384. The summed E-state index contributed by atoms with van der Waals surface area (Å²) < 4.78 is 5.97. The van der Waals surface area contributed by atoms with Gasteiger partial charge in [-0.3, -0.25) is 10.1 Å². The Hall–Kier alpha value is -1.73. The fourth-order valence-corrected chi connectivity index (χ4v) is 1.63. The van der Waals surface area contributed by atoms with Gasteiger partial charge in [0.05, 0.1) is 15.5 Å². The van der Waals surface area contributed by atoms with E-state index in [1.807, 2.05) is 0 Å². The maximum atomic E-state index is 10.7. The minimum atomic E-state index is -0.508. The predicted octanol–water partition coefficient (Wildman–Crippen LogP) is 3.59. The summed E-state index contributed by atoms with van der Waals surface area (Å²) in [4.78, 5) is 17.7. The van der Waals surface area contributed by atoms with E-state index in [0.717, 1.165) is 0 Å². The Labute approximate surface area is 115 Å². The number of aromatic nitrogens is 2. The van der Waals surface area contributed by atoms with E-state index in [1.165, 1.54) is 30.6 Å². The Kier molecular flexibility index (Phi) is 3.73. The molecule has 1 heterocycles. The molecule has 0 spiro atoms. The Morgan fingerprint density at radius 3 is 2.78 bits per heavy atom. The lowest BCUT2D eigenvalue weighted by Gasteiger charge is -2.06.